The van der Waals surface area contributed by atoms with Gasteiger partial charge in [-0.25, -0.2) is 0 Å². The molecule has 108 valence electrons. The predicted octanol–water partition coefficient (Wildman–Crippen LogP) is 3.70. The fourth-order valence-corrected chi connectivity index (χ4v) is 3.89. The van der Waals surface area contributed by atoms with E-state index in [0.29, 0.717) is 6.04 Å². The highest BCUT2D eigenvalue weighted by molar-refractivity contribution is 7.12. The van der Waals surface area contributed by atoms with E-state index in [0.717, 1.165) is 12.3 Å². The molecule has 2 heterocycles. The summed E-state index contributed by atoms with van der Waals surface area (Å²) in [5, 5.41) is 0. The molecule has 2 aromatic rings. The molecule has 1 fully saturated rings. The Morgan fingerprint density at radius 3 is 2.70 bits per heavy atom. The minimum Gasteiger partial charge on any atom is -0.468 e. The van der Waals surface area contributed by atoms with Crippen molar-refractivity contribution < 1.29 is 4.42 Å². The lowest BCUT2D eigenvalue weighted by Gasteiger charge is -2.33. The number of rotatable bonds is 6. The van der Waals surface area contributed by atoms with Crippen LogP contribution >= 0.6 is 11.3 Å². The molecule has 0 aliphatic heterocycles. The van der Waals surface area contributed by atoms with Crippen LogP contribution in [0.4, 0.5) is 0 Å². The van der Waals surface area contributed by atoms with Gasteiger partial charge in [-0.05, 0) is 51.0 Å². The quantitative estimate of drug-likeness (QED) is 0.882. The molecule has 0 amide bonds. The second-order valence-electron chi connectivity index (χ2n) is 5.74. The van der Waals surface area contributed by atoms with E-state index in [2.05, 4.69) is 30.9 Å². The van der Waals surface area contributed by atoms with Gasteiger partial charge in [-0.15, -0.1) is 11.3 Å². The standard InChI is InChI=1S/C16H22N2OS/c1-11-5-8-15(20-11)16(12(2)17)18(13-6-7-13)10-14-4-3-9-19-14/h3-5,8-9,12-13,16H,6-7,10,17H2,1-2H3. The molecule has 0 radical (unpaired) electrons. The van der Waals surface area contributed by atoms with Gasteiger partial charge in [0.2, 0.25) is 0 Å². The van der Waals surface area contributed by atoms with Gasteiger partial charge in [-0.2, -0.15) is 0 Å². The first-order valence-corrected chi connectivity index (χ1v) is 8.07. The lowest BCUT2D eigenvalue weighted by atomic mass is 10.1. The van der Waals surface area contributed by atoms with Crippen molar-refractivity contribution in [3.8, 4) is 0 Å². The van der Waals surface area contributed by atoms with Crippen LogP contribution in [0.15, 0.2) is 34.9 Å². The summed E-state index contributed by atoms with van der Waals surface area (Å²) in [5.41, 5.74) is 6.31. The highest BCUT2D eigenvalue weighted by Gasteiger charge is 2.37. The van der Waals surface area contributed by atoms with Crippen LogP contribution in [0, 0.1) is 6.92 Å². The van der Waals surface area contributed by atoms with Crippen LogP contribution in [0.3, 0.4) is 0 Å². The van der Waals surface area contributed by atoms with Gasteiger partial charge in [0.1, 0.15) is 5.76 Å². The van der Waals surface area contributed by atoms with Gasteiger partial charge in [-0.3, -0.25) is 4.90 Å². The van der Waals surface area contributed by atoms with Crippen molar-refractivity contribution in [2.24, 2.45) is 5.73 Å². The zero-order chi connectivity index (χ0) is 14.1. The van der Waals surface area contributed by atoms with Crippen LogP contribution in [0.2, 0.25) is 0 Å². The van der Waals surface area contributed by atoms with Crippen LogP contribution in [0.1, 0.15) is 41.3 Å². The fourth-order valence-electron chi connectivity index (χ4n) is 2.78. The number of hydrogen-bond donors (Lipinski definition) is 1. The maximum atomic E-state index is 6.31. The summed E-state index contributed by atoms with van der Waals surface area (Å²) in [5.74, 6) is 1.02. The SMILES string of the molecule is Cc1ccc(C(C(C)N)N(Cc2ccco2)C2CC2)s1. The minimum absolute atomic E-state index is 0.114. The van der Waals surface area contributed by atoms with Crippen molar-refractivity contribution in [2.75, 3.05) is 0 Å². The van der Waals surface area contributed by atoms with Crippen molar-refractivity contribution in [3.05, 3.63) is 46.0 Å². The Morgan fingerprint density at radius 2 is 2.20 bits per heavy atom. The third-order valence-corrected chi connectivity index (χ3v) is 4.91. The number of aryl methyl sites for hydroxylation is 1. The van der Waals surface area contributed by atoms with Crippen LogP contribution in [-0.4, -0.2) is 17.0 Å². The van der Waals surface area contributed by atoms with Gasteiger partial charge in [0, 0.05) is 21.8 Å². The molecule has 1 aliphatic carbocycles. The van der Waals surface area contributed by atoms with E-state index >= 15 is 0 Å². The smallest absolute Gasteiger partial charge is 0.117 e. The normalized spacial score (nSPS) is 18.4. The predicted molar refractivity (Wildman–Crippen MR) is 82.7 cm³/mol. The van der Waals surface area contributed by atoms with Crippen molar-refractivity contribution in [3.63, 3.8) is 0 Å². The third-order valence-electron chi connectivity index (χ3n) is 3.84. The third kappa shape index (κ3) is 2.97. The van der Waals surface area contributed by atoms with Crippen LogP contribution in [0.25, 0.3) is 0 Å². The minimum atomic E-state index is 0.114. The molecule has 0 bridgehead atoms. The largest absolute Gasteiger partial charge is 0.468 e. The lowest BCUT2D eigenvalue weighted by Crippen LogP contribution is -2.40. The molecule has 0 spiro atoms. The molecule has 2 N–H and O–H groups in total. The highest BCUT2D eigenvalue weighted by Crippen LogP contribution is 2.39. The Morgan fingerprint density at radius 1 is 1.40 bits per heavy atom. The van der Waals surface area contributed by atoms with Crippen LogP contribution in [-0.2, 0) is 6.54 Å². The molecule has 4 heteroatoms. The topological polar surface area (TPSA) is 42.4 Å². The Bertz CT molecular complexity index is 543. The van der Waals surface area contributed by atoms with Gasteiger partial charge in [0.25, 0.3) is 0 Å². The van der Waals surface area contributed by atoms with Crippen molar-refractivity contribution in [2.45, 2.75) is 51.4 Å². The van der Waals surface area contributed by atoms with Crippen molar-refractivity contribution in [1.82, 2.24) is 4.90 Å². The van der Waals surface area contributed by atoms with Crippen LogP contribution < -0.4 is 5.73 Å². The Kier molecular flexibility index (Phi) is 3.96. The van der Waals surface area contributed by atoms with Crippen molar-refractivity contribution >= 4 is 11.3 Å². The first-order valence-electron chi connectivity index (χ1n) is 7.25. The van der Waals surface area contributed by atoms with Crippen molar-refractivity contribution in [1.29, 1.82) is 0 Å². The van der Waals surface area contributed by atoms with Crippen LogP contribution in [0.5, 0.6) is 0 Å². The first-order chi connectivity index (χ1) is 9.65. The number of nitrogens with two attached hydrogens (primary N) is 1. The average Bonchev–Trinajstić information content (AvgIpc) is 2.96. The molecule has 3 nitrogen and oxygen atoms in total. The average molecular weight is 290 g/mol. The molecule has 2 aromatic heterocycles. The van der Waals surface area contributed by atoms with E-state index in [-0.39, 0.29) is 12.1 Å². The molecule has 3 rings (SSSR count). The van der Waals surface area contributed by atoms with E-state index in [9.17, 15) is 0 Å². The van der Waals surface area contributed by atoms with Gasteiger partial charge < -0.3 is 10.2 Å². The molecule has 20 heavy (non-hydrogen) atoms. The van der Waals surface area contributed by atoms with Gasteiger partial charge in [0.05, 0.1) is 18.8 Å². The summed E-state index contributed by atoms with van der Waals surface area (Å²) in [7, 11) is 0. The first kappa shape index (κ1) is 13.9. The van der Waals surface area contributed by atoms with Gasteiger partial charge >= 0.3 is 0 Å². The summed E-state index contributed by atoms with van der Waals surface area (Å²) in [6.45, 7) is 5.11. The second kappa shape index (κ2) is 5.72. The summed E-state index contributed by atoms with van der Waals surface area (Å²) in [6, 6.07) is 9.47. The molecule has 0 aromatic carbocycles. The highest BCUT2D eigenvalue weighted by atomic mass is 32.1. The summed E-state index contributed by atoms with van der Waals surface area (Å²) >= 11 is 1.86. The maximum Gasteiger partial charge on any atom is 0.117 e. The fraction of sp³-hybridized carbons (Fsp3) is 0.500. The monoisotopic (exact) mass is 290 g/mol. The molecule has 2 unspecified atom stereocenters. The molecule has 1 saturated carbocycles. The summed E-state index contributed by atoms with van der Waals surface area (Å²) in [6.07, 6.45) is 4.29. The molecular weight excluding hydrogens is 268 g/mol. The van der Waals surface area contributed by atoms with E-state index in [1.807, 2.05) is 23.5 Å². The summed E-state index contributed by atoms with van der Waals surface area (Å²) < 4.78 is 5.53. The second-order valence-corrected chi connectivity index (χ2v) is 7.05. The van der Waals surface area contributed by atoms with Gasteiger partial charge in [-0.1, -0.05) is 0 Å². The summed E-state index contributed by atoms with van der Waals surface area (Å²) in [4.78, 5) is 5.24. The van der Waals surface area contributed by atoms with Gasteiger partial charge in [0.15, 0.2) is 0 Å². The molecule has 0 saturated heterocycles. The number of nitrogens with zero attached hydrogens (tertiary/aromatic N) is 1. The number of furan rings is 1. The number of hydrogen-bond acceptors (Lipinski definition) is 4. The Balaban J connectivity index is 1.86. The molecular formula is C16H22N2OS. The maximum absolute atomic E-state index is 6.31. The lowest BCUT2D eigenvalue weighted by molar-refractivity contribution is 0.148. The Labute approximate surface area is 124 Å². The van der Waals surface area contributed by atoms with E-state index < -0.39 is 0 Å². The van der Waals surface area contributed by atoms with E-state index in [1.165, 1.54) is 22.6 Å². The molecule has 2 atom stereocenters. The Hall–Kier alpha value is -1.10. The van der Waals surface area contributed by atoms with E-state index in [1.54, 1.807) is 6.26 Å². The number of thiophene rings is 1. The zero-order valence-corrected chi connectivity index (χ0v) is 12.9. The zero-order valence-electron chi connectivity index (χ0n) is 12.1. The molecule has 1 aliphatic rings. The van der Waals surface area contributed by atoms with E-state index in [4.69, 9.17) is 10.2 Å².